The molecular formula is C48H64N12O12. The van der Waals surface area contributed by atoms with Crippen LogP contribution in [0.25, 0.3) is 21.8 Å². The number of aliphatic hydroxyl groups is 2. The van der Waals surface area contributed by atoms with Gasteiger partial charge in [0.1, 0.15) is 42.3 Å². The summed E-state index contributed by atoms with van der Waals surface area (Å²) in [5, 5.41) is 45.5. The molecule has 2 aliphatic rings. The molecule has 0 aliphatic carbocycles. The Morgan fingerprint density at radius 2 is 1.24 bits per heavy atom. The van der Waals surface area contributed by atoms with E-state index in [-0.39, 0.29) is 51.1 Å². The molecule has 0 saturated carbocycles. The minimum absolute atomic E-state index is 0.0418. The van der Waals surface area contributed by atoms with Crippen molar-refractivity contribution in [2.45, 2.75) is 113 Å². The summed E-state index contributed by atoms with van der Waals surface area (Å²) in [5.74, 6) is -8.21. The number of nitrogens with two attached hydrogens (primary N) is 3. The minimum Gasteiger partial charge on any atom is -0.480 e. The molecule has 2 aromatic carbocycles. The number of nitrogens with one attached hydrogen (secondary N) is 7. The fourth-order valence-corrected chi connectivity index (χ4v) is 9.25. The summed E-state index contributed by atoms with van der Waals surface area (Å²) >= 11 is 0. The monoisotopic (exact) mass is 1000 g/mol. The largest absolute Gasteiger partial charge is 0.480 e. The number of H-pyrrole nitrogens is 2. The molecule has 0 spiro atoms. The number of hydrogen-bond donors (Lipinski definition) is 13. The molecule has 388 valence electrons. The Balaban J connectivity index is 1.17. The Kier molecular flexibility index (Phi) is 18.1. The highest BCUT2D eigenvalue weighted by molar-refractivity contribution is 5.99. The van der Waals surface area contributed by atoms with Crippen LogP contribution >= 0.6 is 0 Å². The van der Waals surface area contributed by atoms with Crippen LogP contribution in [0.4, 0.5) is 0 Å². The first-order chi connectivity index (χ1) is 34.3. The topological polar surface area (TPSA) is 391 Å². The second kappa shape index (κ2) is 24.1. The van der Waals surface area contributed by atoms with Gasteiger partial charge >= 0.3 is 5.97 Å². The lowest BCUT2D eigenvalue weighted by Crippen LogP contribution is -2.61. The maximum atomic E-state index is 14.5. The van der Waals surface area contributed by atoms with E-state index >= 15 is 0 Å². The van der Waals surface area contributed by atoms with Crippen molar-refractivity contribution in [2.75, 3.05) is 26.2 Å². The highest BCUT2D eigenvalue weighted by Crippen LogP contribution is 2.25. The van der Waals surface area contributed by atoms with Crippen LogP contribution in [0.3, 0.4) is 0 Å². The average Bonchev–Trinajstić information content (AvgIpc) is 4.17. The molecule has 9 atom stereocenters. The van der Waals surface area contributed by atoms with Gasteiger partial charge in [0, 0.05) is 73.1 Å². The van der Waals surface area contributed by atoms with Crippen LogP contribution in [0, 0.1) is 5.92 Å². The zero-order chi connectivity index (χ0) is 52.4. The number of primary amides is 1. The molecule has 24 heteroatoms. The Morgan fingerprint density at radius 1 is 0.708 bits per heavy atom. The van der Waals surface area contributed by atoms with Crippen molar-refractivity contribution in [3.63, 3.8) is 0 Å². The molecular weight excluding hydrogens is 937 g/mol. The molecule has 6 rings (SSSR count). The number of aliphatic hydroxyl groups excluding tert-OH is 2. The quantitative estimate of drug-likeness (QED) is 0.0355. The van der Waals surface area contributed by atoms with Gasteiger partial charge in [-0.1, -0.05) is 50.2 Å². The van der Waals surface area contributed by atoms with Crippen molar-refractivity contribution in [1.29, 1.82) is 0 Å². The van der Waals surface area contributed by atoms with Gasteiger partial charge in [0.2, 0.25) is 47.3 Å². The fraction of sp³-hybridized carbons (Fsp3) is 0.479. The van der Waals surface area contributed by atoms with E-state index in [2.05, 4.69) is 36.6 Å². The summed E-state index contributed by atoms with van der Waals surface area (Å²) in [4.78, 5) is 129. The number of nitrogens with zero attached hydrogens (tertiary/aromatic N) is 2. The molecule has 4 aromatic rings. The molecule has 8 amide bonds. The average molecular weight is 1000 g/mol. The van der Waals surface area contributed by atoms with Crippen LogP contribution in [0.2, 0.25) is 0 Å². The van der Waals surface area contributed by atoms with E-state index in [1.54, 1.807) is 68.7 Å². The molecule has 0 unspecified atom stereocenters. The van der Waals surface area contributed by atoms with Crippen LogP contribution in [0.5, 0.6) is 0 Å². The number of aromatic amines is 2. The Bertz CT molecular complexity index is 2650. The van der Waals surface area contributed by atoms with E-state index < -0.39 is 127 Å². The van der Waals surface area contributed by atoms with Gasteiger partial charge in [-0.05, 0) is 48.4 Å². The first kappa shape index (κ1) is 53.9. The number of rotatable bonds is 23. The number of carboxylic acids is 1. The van der Waals surface area contributed by atoms with E-state index in [0.717, 1.165) is 15.8 Å². The normalized spacial score (nSPS) is 19.2. The molecule has 2 aromatic heterocycles. The zero-order valence-electron chi connectivity index (χ0n) is 40.0. The molecule has 24 nitrogen and oxygen atoms in total. The summed E-state index contributed by atoms with van der Waals surface area (Å²) in [6, 6.07) is 3.34. The van der Waals surface area contributed by atoms with Crippen molar-refractivity contribution in [3.05, 3.63) is 72.1 Å². The van der Waals surface area contributed by atoms with E-state index in [4.69, 9.17) is 17.2 Å². The lowest BCUT2D eigenvalue weighted by atomic mass is 10.0. The third kappa shape index (κ3) is 13.1. The third-order valence-electron chi connectivity index (χ3n) is 12.9. The van der Waals surface area contributed by atoms with Crippen LogP contribution in [0.15, 0.2) is 60.9 Å². The summed E-state index contributed by atoms with van der Waals surface area (Å²) in [6.45, 7) is 2.03. The van der Waals surface area contributed by atoms with Crippen LogP contribution in [0.1, 0.15) is 57.1 Å². The molecule has 2 fully saturated rings. The maximum Gasteiger partial charge on any atom is 0.326 e. The number of carbonyl (C=O) groups is 9. The Morgan fingerprint density at radius 3 is 1.81 bits per heavy atom. The SMILES string of the molecule is CC(C)C[C@H](NC(=O)[C@H](CN)NC(=O)[C@@H]1CCCN1C(=O)[C@@H](N)CC(N)=O)C(=O)N1C[C@H](O)C[C@H]1C(=O)N[C@@H](Cc1c[nH]c2ccccc12)C(=O)N[C@@H](CO)C(=O)N[C@@H](Cc1c[nH]c2ccccc12)C(=O)O. The first-order valence-corrected chi connectivity index (χ1v) is 23.8. The molecule has 2 aliphatic heterocycles. The van der Waals surface area contributed by atoms with Crippen molar-refractivity contribution in [3.8, 4) is 0 Å². The van der Waals surface area contributed by atoms with Gasteiger partial charge < -0.3 is 78.9 Å². The predicted octanol–water partition coefficient (Wildman–Crippen LogP) is -2.90. The number of carboxylic acid groups (broad SMARTS) is 1. The molecule has 16 N–H and O–H groups in total. The molecule has 2 saturated heterocycles. The van der Waals surface area contributed by atoms with Crippen molar-refractivity contribution >= 4 is 75.0 Å². The number of fused-ring (bicyclic) bond motifs is 2. The number of benzene rings is 2. The van der Waals surface area contributed by atoms with E-state index in [9.17, 15) is 58.5 Å². The van der Waals surface area contributed by atoms with Gasteiger partial charge in [0.15, 0.2) is 0 Å². The minimum atomic E-state index is -1.68. The van der Waals surface area contributed by atoms with Gasteiger partial charge in [0.25, 0.3) is 0 Å². The van der Waals surface area contributed by atoms with Crippen molar-refractivity contribution in [1.82, 2.24) is 46.4 Å². The summed E-state index contributed by atoms with van der Waals surface area (Å²) in [6.07, 6.45) is 1.75. The number of carbonyl (C=O) groups excluding carboxylic acids is 8. The molecule has 0 bridgehead atoms. The Labute approximate surface area is 413 Å². The third-order valence-corrected chi connectivity index (χ3v) is 12.9. The second-order valence-electron chi connectivity index (χ2n) is 18.7. The lowest BCUT2D eigenvalue weighted by Gasteiger charge is -2.31. The van der Waals surface area contributed by atoms with Gasteiger partial charge in [-0.2, -0.15) is 0 Å². The first-order valence-electron chi connectivity index (χ1n) is 23.8. The number of β-amino-alcohol motifs (C(OH)–C–C–N with tert-alkyl or cyclic N) is 1. The number of likely N-dealkylation sites (tertiary alicyclic amines) is 2. The molecule has 4 heterocycles. The zero-order valence-corrected chi connectivity index (χ0v) is 40.0. The summed E-state index contributed by atoms with van der Waals surface area (Å²) < 4.78 is 0. The molecule has 0 radical (unpaired) electrons. The summed E-state index contributed by atoms with van der Waals surface area (Å²) in [7, 11) is 0. The van der Waals surface area contributed by atoms with Crippen LogP contribution in [-0.2, 0) is 56.0 Å². The van der Waals surface area contributed by atoms with Gasteiger partial charge in [-0.15, -0.1) is 0 Å². The van der Waals surface area contributed by atoms with Crippen LogP contribution < -0.4 is 43.8 Å². The number of amides is 8. The van der Waals surface area contributed by atoms with Crippen LogP contribution in [-0.4, -0.2) is 169 Å². The van der Waals surface area contributed by atoms with E-state index in [1.807, 2.05) is 6.07 Å². The lowest BCUT2D eigenvalue weighted by molar-refractivity contribution is -0.143. The smallest absolute Gasteiger partial charge is 0.326 e. The number of hydrogen-bond acceptors (Lipinski definition) is 13. The van der Waals surface area contributed by atoms with Gasteiger partial charge in [0.05, 0.1) is 25.2 Å². The Hall–Kier alpha value is -7.41. The number of para-hydroxylation sites is 2. The van der Waals surface area contributed by atoms with Crippen molar-refractivity contribution < 1.29 is 58.5 Å². The number of aliphatic carboxylic acids is 1. The van der Waals surface area contributed by atoms with E-state index in [1.165, 1.54) is 4.90 Å². The van der Waals surface area contributed by atoms with E-state index in [0.29, 0.717) is 28.5 Å². The highest BCUT2D eigenvalue weighted by atomic mass is 16.4. The van der Waals surface area contributed by atoms with Gasteiger partial charge in [-0.25, -0.2) is 4.79 Å². The standard InChI is InChI=1S/C48H64N12O12/c1-24(2)14-34(55-42(65)36(19-49)57-44(67)38-12-7-13-59(38)46(69)30(50)18-40(51)63)47(70)60-22-27(62)17-39(60)45(68)54-33(15-25-20-52-31-10-5-3-8-28(25)31)41(64)58-37(23-61)43(66)56-35(48(71)72)16-26-21-53-32-11-6-4-9-29(26)32/h3-6,8-11,20-21,24,27,30,33-39,52-53,61-62H,7,12-19,22-23,49-50H2,1-2H3,(H2,51,63)(H,54,68)(H,55,65)(H,56,66)(H,57,67)(H,58,64)(H,71,72)/t27-,30+,33+,34+,35+,36+,37+,38+,39+/m1/s1. The maximum absolute atomic E-state index is 14.5. The second-order valence-corrected chi connectivity index (χ2v) is 18.7. The summed E-state index contributed by atoms with van der Waals surface area (Å²) in [5.41, 5.74) is 19.7. The number of aromatic nitrogens is 2. The van der Waals surface area contributed by atoms with Crippen molar-refractivity contribution in [2.24, 2.45) is 23.1 Å². The van der Waals surface area contributed by atoms with Gasteiger partial charge in [-0.3, -0.25) is 38.4 Å². The predicted molar refractivity (Wildman–Crippen MR) is 260 cm³/mol. The molecule has 72 heavy (non-hydrogen) atoms. The fourth-order valence-electron chi connectivity index (χ4n) is 9.25. The highest BCUT2D eigenvalue weighted by Gasteiger charge is 2.44.